The topological polar surface area (TPSA) is 38.5 Å². The molecular weight excluding hydrogens is 224 g/mol. The highest BCUT2D eigenvalue weighted by molar-refractivity contribution is 5.28. The number of benzene rings is 1. The van der Waals surface area contributed by atoms with Crippen molar-refractivity contribution < 1.29 is 4.74 Å². The van der Waals surface area contributed by atoms with Crippen LogP contribution in [0.15, 0.2) is 24.3 Å². The minimum atomic E-state index is 0.564. The first kappa shape index (κ1) is 15.0. The fourth-order valence-electron chi connectivity index (χ4n) is 2.02. The minimum absolute atomic E-state index is 0.564. The quantitative estimate of drug-likeness (QED) is 0.732. The van der Waals surface area contributed by atoms with E-state index in [1.807, 2.05) is 24.3 Å². The van der Waals surface area contributed by atoms with Gasteiger partial charge in [-0.1, -0.05) is 26.0 Å². The molecule has 0 aromatic heterocycles. The van der Waals surface area contributed by atoms with Crippen LogP contribution in [0.4, 0.5) is 0 Å². The summed E-state index contributed by atoms with van der Waals surface area (Å²) in [6.07, 6.45) is 2.39. The second-order valence-corrected chi connectivity index (χ2v) is 4.54. The predicted molar refractivity (Wildman–Crippen MR) is 76.9 cm³/mol. The lowest BCUT2D eigenvalue weighted by atomic mass is 10.2. The van der Waals surface area contributed by atoms with Crippen LogP contribution in [0.1, 0.15) is 32.3 Å². The molecule has 0 fully saturated rings. The Hall–Kier alpha value is -1.06. The summed E-state index contributed by atoms with van der Waals surface area (Å²) in [5, 5.41) is 0. The zero-order chi connectivity index (χ0) is 13.2. The Bertz CT molecular complexity index is 322. The van der Waals surface area contributed by atoms with Gasteiger partial charge in [0, 0.05) is 13.1 Å². The van der Waals surface area contributed by atoms with Gasteiger partial charge in [0.15, 0.2) is 0 Å². The highest BCUT2D eigenvalue weighted by Gasteiger charge is 2.02. The predicted octanol–water partition coefficient (Wildman–Crippen LogP) is 2.65. The summed E-state index contributed by atoms with van der Waals surface area (Å²) in [7, 11) is 0. The Labute approximate surface area is 111 Å². The Kier molecular flexibility index (Phi) is 7.46. The summed E-state index contributed by atoms with van der Waals surface area (Å²) in [5.74, 6) is 0.922. The van der Waals surface area contributed by atoms with Gasteiger partial charge in [0.2, 0.25) is 0 Å². The first-order valence-electron chi connectivity index (χ1n) is 6.94. The lowest BCUT2D eigenvalue weighted by Crippen LogP contribution is -2.30. The van der Waals surface area contributed by atoms with E-state index in [-0.39, 0.29) is 0 Å². The van der Waals surface area contributed by atoms with Crippen LogP contribution < -0.4 is 10.5 Å². The normalized spacial score (nSPS) is 10.9. The van der Waals surface area contributed by atoms with E-state index in [0.29, 0.717) is 6.54 Å². The van der Waals surface area contributed by atoms with E-state index >= 15 is 0 Å². The molecule has 0 amide bonds. The maximum atomic E-state index is 5.77. The number of nitrogens with two attached hydrogens (primary N) is 1. The molecule has 1 aromatic carbocycles. The van der Waals surface area contributed by atoms with Gasteiger partial charge in [-0.15, -0.1) is 0 Å². The summed E-state index contributed by atoms with van der Waals surface area (Å²) in [6, 6.07) is 8.02. The smallest absolute Gasteiger partial charge is 0.119 e. The average molecular weight is 250 g/mol. The molecule has 0 saturated carbocycles. The van der Waals surface area contributed by atoms with Crippen molar-refractivity contribution in [2.24, 2.45) is 5.73 Å². The molecule has 0 radical (unpaired) electrons. The van der Waals surface area contributed by atoms with Crippen molar-refractivity contribution in [2.45, 2.75) is 33.2 Å². The van der Waals surface area contributed by atoms with Gasteiger partial charge in [0.05, 0.1) is 0 Å². The molecule has 3 nitrogen and oxygen atoms in total. The van der Waals surface area contributed by atoms with E-state index in [0.717, 1.165) is 37.6 Å². The number of nitrogens with zero attached hydrogens (tertiary/aromatic N) is 1. The van der Waals surface area contributed by atoms with Crippen molar-refractivity contribution in [1.82, 2.24) is 4.90 Å². The molecule has 0 saturated heterocycles. The van der Waals surface area contributed by atoms with Crippen molar-refractivity contribution in [2.75, 3.05) is 26.2 Å². The third kappa shape index (κ3) is 5.52. The van der Waals surface area contributed by atoms with Crippen LogP contribution in [0.3, 0.4) is 0 Å². The number of ether oxygens (including phenoxy) is 1. The maximum absolute atomic E-state index is 5.77. The van der Waals surface area contributed by atoms with Crippen molar-refractivity contribution in [3.05, 3.63) is 29.8 Å². The van der Waals surface area contributed by atoms with Crippen LogP contribution in [0.2, 0.25) is 0 Å². The molecule has 0 aliphatic rings. The Morgan fingerprint density at radius 3 is 2.44 bits per heavy atom. The van der Waals surface area contributed by atoms with Crippen LogP contribution in [0.5, 0.6) is 5.75 Å². The first-order valence-corrected chi connectivity index (χ1v) is 6.94. The lowest BCUT2D eigenvalue weighted by Gasteiger charge is -2.20. The van der Waals surface area contributed by atoms with Crippen molar-refractivity contribution in [1.29, 1.82) is 0 Å². The van der Waals surface area contributed by atoms with E-state index in [1.54, 1.807) is 0 Å². The molecule has 0 spiro atoms. The lowest BCUT2D eigenvalue weighted by molar-refractivity contribution is 0.209. The third-order valence-corrected chi connectivity index (χ3v) is 2.89. The van der Waals surface area contributed by atoms with E-state index in [9.17, 15) is 0 Å². The second kappa shape index (κ2) is 8.95. The molecule has 18 heavy (non-hydrogen) atoms. The van der Waals surface area contributed by atoms with Gasteiger partial charge in [-0.25, -0.2) is 0 Å². The van der Waals surface area contributed by atoms with Crippen molar-refractivity contribution in [3.8, 4) is 5.75 Å². The van der Waals surface area contributed by atoms with Gasteiger partial charge in [0.1, 0.15) is 12.4 Å². The molecule has 2 N–H and O–H groups in total. The number of rotatable bonds is 9. The van der Waals surface area contributed by atoms with Crippen LogP contribution in [-0.2, 0) is 6.54 Å². The largest absolute Gasteiger partial charge is 0.492 e. The highest BCUT2D eigenvalue weighted by Crippen LogP contribution is 2.12. The van der Waals surface area contributed by atoms with Crippen molar-refractivity contribution >= 4 is 0 Å². The summed E-state index contributed by atoms with van der Waals surface area (Å²) >= 11 is 0. The SMILES string of the molecule is CCCN(CCC)CCOc1cccc(CN)c1. The summed E-state index contributed by atoms with van der Waals surface area (Å²) in [4.78, 5) is 2.45. The van der Waals surface area contributed by atoms with Gasteiger partial charge < -0.3 is 10.5 Å². The Balaban J connectivity index is 2.34. The molecule has 1 rings (SSSR count). The monoisotopic (exact) mass is 250 g/mol. The van der Waals surface area contributed by atoms with Gasteiger partial charge >= 0.3 is 0 Å². The molecule has 0 atom stereocenters. The molecule has 1 aromatic rings. The molecule has 0 aliphatic carbocycles. The second-order valence-electron chi connectivity index (χ2n) is 4.54. The minimum Gasteiger partial charge on any atom is -0.492 e. The molecule has 3 heteroatoms. The van der Waals surface area contributed by atoms with Crippen LogP contribution >= 0.6 is 0 Å². The van der Waals surface area contributed by atoms with Gasteiger partial charge in [0.25, 0.3) is 0 Å². The fourth-order valence-corrected chi connectivity index (χ4v) is 2.02. The highest BCUT2D eigenvalue weighted by atomic mass is 16.5. The zero-order valence-corrected chi connectivity index (χ0v) is 11.7. The van der Waals surface area contributed by atoms with Crippen LogP contribution in [0.25, 0.3) is 0 Å². The molecular formula is C15H26N2O. The van der Waals surface area contributed by atoms with Gasteiger partial charge in [-0.05, 0) is 43.6 Å². The van der Waals surface area contributed by atoms with E-state index < -0.39 is 0 Å². The third-order valence-electron chi connectivity index (χ3n) is 2.89. The summed E-state index contributed by atoms with van der Waals surface area (Å²) < 4.78 is 5.77. The van der Waals surface area contributed by atoms with Crippen LogP contribution in [0, 0.1) is 0 Å². The molecule has 0 heterocycles. The average Bonchev–Trinajstić information content (AvgIpc) is 2.39. The number of hydrogen-bond donors (Lipinski definition) is 1. The van der Waals surface area contributed by atoms with Gasteiger partial charge in [-0.3, -0.25) is 4.90 Å². The first-order chi connectivity index (χ1) is 8.80. The Morgan fingerprint density at radius 1 is 1.11 bits per heavy atom. The molecule has 0 aliphatic heterocycles. The summed E-state index contributed by atoms with van der Waals surface area (Å²) in [5.41, 5.74) is 6.73. The maximum Gasteiger partial charge on any atom is 0.119 e. The van der Waals surface area contributed by atoms with Crippen molar-refractivity contribution in [3.63, 3.8) is 0 Å². The molecule has 102 valence electrons. The van der Waals surface area contributed by atoms with E-state index in [1.165, 1.54) is 12.8 Å². The number of hydrogen-bond acceptors (Lipinski definition) is 3. The van der Waals surface area contributed by atoms with E-state index in [2.05, 4.69) is 18.7 Å². The standard InChI is InChI=1S/C15H26N2O/c1-3-8-17(9-4-2)10-11-18-15-7-5-6-14(12-15)13-16/h5-7,12H,3-4,8-11,13,16H2,1-2H3. The van der Waals surface area contributed by atoms with Gasteiger partial charge in [-0.2, -0.15) is 0 Å². The Morgan fingerprint density at radius 2 is 1.83 bits per heavy atom. The fraction of sp³-hybridized carbons (Fsp3) is 0.600. The molecule has 0 bridgehead atoms. The summed E-state index contributed by atoms with van der Waals surface area (Å²) in [6.45, 7) is 9.04. The van der Waals surface area contributed by atoms with E-state index in [4.69, 9.17) is 10.5 Å². The molecule has 0 unspecified atom stereocenters. The zero-order valence-electron chi connectivity index (χ0n) is 11.7. The van der Waals surface area contributed by atoms with Crippen LogP contribution in [-0.4, -0.2) is 31.1 Å².